The topological polar surface area (TPSA) is 94.8 Å². The molecule has 0 saturated heterocycles. The maximum atomic E-state index is 12.3. The number of rotatable bonds is 12. The zero-order valence-electron chi connectivity index (χ0n) is 16.7. The number of unbranched alkanes of at least 4 members (excludes halogenated alkanes) is 3. The normalized spacial score (nSPS) is 27.8. The summed E-state index contributed by atoms with van der Waals surface area (Å²) in [6.45, 7) is 0. The maximum Gasteiger partial charge on any atom is 0.303 e. The van der Waals surface area contributed by atoms with Gasteiger partial charge in [0, 0.05) is 18.8 Å². The summed E-state index contributed by atoms with van der Waals surface area (Å²) in [5, 5.41) is 29.4. The van der Waals surface area contributed by atoms with E-state index in [1.54, 1.807) is 0 Å². The Morgan fingerprint density at radius 1 is 1.04 bits per heavy atom. The lowest BCUT2D eigenvalue weighted by molar-refractivity contribution is -0.137. The van der Waals surface area contributed by atoms with Crippen molar-refractivity contribution in [1.29, 1.82) is 0 Å². The van der Waals surface area contributed by atoms with E-state index in [0.29, 0.717) is 18.8 Å². The number of aliphatic carboxylic acids is 1. The van der Waals surface area contributed by atoms with Crippen LogP contribution in [-0.2, 0) is 9.59 Å². The van der Waals surface area contributed by atoms with E-state index in [-0.39, 0.29) is 36.6 Å². The molecule has 0 aromatic rings. The van der Waals surface area contributed by atoms with Gasteiger partial charge in [0.05, 0.1) is 12.2 Å². The van der Waals surface area contributed by atoms with E-state index in [0.717, 1.165) is 38.5 Å². The van der Waals surface area contributed by atoms with Gasteiger partial charge < -0.3 is 15.3 Å². The molecule has 2 saturated carbocycles. The molecular formula is C22H38O5. The number of aliphatic hydroxyl groups excluding tert-OH is 2. The minimum absolute atomic E-state index is 0.0162. The van der Waals surface area contributed by atoms with E-state index in [9.17, 15) is 19.8 Å². The molecule has 27 heavy (non-hydrogen) atoms. The lowest BCUT2D eigenvalue weighted by atomic mass is 9.82. The Balaban J connectivity index is 1.68. The highest BCUT2D eigenvalue weighted by Gasteiger charge is 2.40. The van der Waals surface area contributed by atoms with Crippen molar-refractivity contribution in [3.05, 3.63) is 0 Å². The second-order valence-electron chi connectivity index (χ2n) is 8.83. The Hall–Kier alpha value is -0.940. The molecule has 5 heteroatoms. The van der Waals surface area contributed by atoms with E-state index in [1.165, 1.54) is 32.1 Å². The first-order chi connectivity index (χ1) is 13.0. The summed E-state index contributed by atoms with van der Waals surface area (Å²) in [6.07, 6.45) is 12.4. The first kappa shape index (κ1) is 22.4. The van der Waals surface area contributed by atoms with Crippen LogP contribution < -0.4 is 0 Å². The van der Waals surface area contributed by atoms with Gasteiger partial charge in [0.1, 0.15) is 5.78 Å². The van der Waals surface area contributed by atoms with Crippen molar-refractivity contribution >= 4 is 11.8 Å². The van der Waals surface area contributed by atoms with Crippen molar-refractivity contribution in [3.63, 3.8) is 0 Å². The van der Waals surface area contributed by atoms with Gasteiger partial charge in [-0.3, -0.25) is 9.59 Å². The second kappa shape index (κ2) is 11.8. The first-order valence-corrected chi connectivity index (χ1v) is 11.1. The number of carbonyl (C=O) groups is 2. The first-order valence-electron chi connectivity index (χ1n) is 11.1. The smallest absolute Gasteiger partial charge is 0.303 e. The van der Waals surface area contributed by atoms with Crippen LogP contribution in [0.1, 0.15) is 96.3 Å². The number of ketones is 1. The maximum absolute atomic E-state index is 12.3. The number of hydrogen-bond acceptors (Lipinski definition) is 4. The molecule has 5 nitrogen and oxygen atoms in total. The van der Waals surface area contributed by atoms with E-state index >= 15 is 0 Å². The van der Waals surface area contributed by atoms with Crippen molar-refractivity contribution in [2.45, 2.75) is 109 Å². The van der Waals surface area contributed by atoms with Gasteiger partial charge in [-0.05, 0) is 43.9 Å². The summed E-state index contributed by atoms with van der Waals surface area (Å²) in [6, 6.07) is 0. The molecule has 4 atom stereocenters. The van der Waals surface area contributed by atoms with Crippen molar-refractivity contribution in [3.8, 4) is 0 Å². The highest BCUT2D eigenvalue weighted by molar-refractivity contribution is 5.84. The van der Waals surface area contributed by atoms with Crippen LogP contribution in [0.5, 0.6) is 0 Å². The van der Waals surface area contributed by atoms with Crippen LogP contribution in [-0.4, -0.2) is 39.3 Å². The van der Waals surface area contributed by atoms with E-state index in [4.69, 9.17) is 5.11 Å². The monoisotopic (exact) mass is 382 g/mol. The number of carboxylic acid groups (broad SMARTS) is 1. The Labute approximate surface area is 163 Å². The van der Waals surface area contributed by atoms with Crippen LogP contribution in [0.4, 0.5) is 0 Å². The molecule has 0 spiro atoms. The van der Waals surface area contributed by atoms with Gasteiger partial charge >= 0.3 is 5.97 Å². The van der Waals surface area contributed by atoms with Gasteiger partial charge in [-0.2, -0.15) is 0 Å². The molecule has 0 aliphatic heterocycles. The quantitative estimate of drug-likeness (QED) is 0.442. The molecule has 1 unspecified atom stereocenters. The SMILES string of the molecule is O=C(O)CCCCCC[C@H]1C(=O)C[C@@H](O)[C@@H]1CCC(O)CC1CCCCC1. The fourth-order valence-electron chi connectivity index (χ4n) is 5.09. The number of Topliss-reactive ketones (excluding diaryl/α,β-unsaturated/α-hetero) is 1. The molecule has 2 fully saturated rings. The molecule has 0 bridgehead atoms. The van der Waals surface area contributed by atoms with Crippen LogP contribution in [0.15, 0.2) is 0 Å². The third-order valence-corrected chi connectivity index (χ3v) is 6.65. The summed E-state index contributed by atoms with van der Waals surface area (Å²) >= 11 is 0. The minimum Gasteiger partial charge on any atom is -0.481 e. The lowest BCUT2D eigenvalue weighted by Gasteiger charge is -2.26. The third kappa shape index (κ3) is 7.90. The molecule has 0 aromatic carbocycles. The Bertz CT molecular complexity index is 458. The molecule has 3 N–H and O–H groups in total. The summed E-state index contributed by atoms with van der Waals surface area (Å²) in [7, 11) is 0. The average molecular weight is 383 g/mol. The molecule has 0 radical (unpaired) electrons. The Kier molecular flexibility index (Phi) is 9.77. The highest BCUT2D eigenvalue weighted by Crippen LogP contribution is 2.37. The zero-order chi connectivity index (χ0) is 19.6. The van der Waals surface area contributed by atoms with Crippen molar-refractivity contribution in [1.82, 2.24) is 0 Å². The Morgan fingerprint density at radius 3 is 2.44 bits per heavy atom. The van der Waals surface area contributed by atoms with Crippen LogP contribution in [0, 0.1) is 17.8 Å². The standard InChI is InChI=1S/C22H38O5/c23-17(14-16-8-4-3-5-9-16)12-13-19-18(20(24)15-21(19)25)10-6-1-2-7-11-22(26)27/h16-19,21,23,25H,1-15H2,(H,26,27)/t17?,18-,19-,21-/m1/s1. The highest BCUT2D eigenvalue weighted by atomic mass is 16.4. The largest absolute Gasteiger partial charge is 0.481 e. The van der Waals surface area contributed by atoms with Gasteiger partial charge in [-0.15, -0.1) is 0 Å². The summed E-state index contributed by atoms with van der Waals surface area (Å²) < 4.78 is 0. The minimum atomic E-state index is -0.754. The predicted molar refractivity (Wildman–Crippen MR) is 104 cm³/mol. The number of carboxylic acids is 1. The molecule has 2 aliphatic carbocycles. The van der Waals surface area contributed by atoms with E-state index in [1.807, 2.05) is 0 Å². The lowest BCUT2D eigenvalue weighted by Crippen LogP contribution is -2.23. The van der Waals surface area contributed by atoms with Crippen molar-refractivity contribution < 1.29 is 24.9 Å². The second-order valence-corrected chi connectivity index (χ2v) is 8.83. The number of aliphatic hydroxyl groups is 2. The summed E-state index contributed by atoms with van der Waals surface area (Å²) in [5.41, 5.74) is 0. The van der Waals surface area contributed by atoms with Gasteiger partial charge in [0.15, 0.2) is 0 Å². The van der Waals surface area contributed by atoms with Gasteiger partial charge in [-0.1, -0.05) is 51.4 Å². The predicted octanol–water partition coefficient (Wildman–Crippen LogP) is 4.09. The fourth-order valence-corrected chi connectivity index (χ4v) is 5.09. The van der Waals surface area contributed by atoms with Crippen LogP contribution in [0.3, 0.4) is 0 Å². The van der Waals surface area contributed by atoms with E-state index < -0.39 is 12.1 Å². The molecule has 0 amide bonds. The zero-order valence-corrected chi connectivity index (χ0v) is 16.7. The van der Waals surface area contributed by atoms with Crippen molar-refractivity contribution in [2.24, 2.45) is 17.8 Å². The number of hydrogen-bond donors (Lipinski definition) is 3. The van der Waals surface area contributed by atoms with E-state index in [2.05, 4.69) is 0 Å². The molecular weight excluding hydrogens is 344 g/mol. The van der Waals surface area contributed by atoms with Crippen molar-refractivity contribution in [2.75, 3.05) is 0 Å². The molecule has 2 rings (SSSR count). The molecule has 0 heterocycles. The average Bonchev–Trinajstić information content (AvgIpc) is 2.89. The summed E-state index contributed by atoms with van der Waals surface area (Å²) in [4.78, 5) is 22.8. The van der Waals surface area contributed by atoms with Crippen LogP contribution >= 0.6 is 0 Å². The van der Waals surface area contributed by atoms with Gasteiger partial charge in [0.2, 0.25) is 0 Å². The molecule has 156 valence electrons. The van der Waals surface area contributed by atoms with Crippen LogP contribution in [0.2, 0.25) is 0 Å². The molecule has 2 aliphatic rings. The number of carbonyl (C=O) groups excluding carboxylic acids is 1. The molecule has 0 aromatic heterocycles. The third-order valence-electron chi connectivity index (χ3n) is 6.65. The Morgan fingerprint density at radius 2 is 1.74 bits per heavy atom. The van der Waals surface area contributed by atoms with Gasteiger partial charge in [0.25, 0.3) is 0 Å². The van der Waals surface area contributed by atoms with Crippen LogP contribution in [0.25, 0.3) is 0 Å². The van der Waals surface area contributed by atoms with Gasteiger partial charge in [-0.25, -0.2) is 0 Å². The summed E-state index contributed by atoms with van der Waals surface area (Å²) in [5.74, 6) is -0.0416. The fraction of sp³-hybridized carbons (Fsp3) is 0.909.